The fourth-order valence-electron chi connectivity index (χ4n) is 2.31. The molecule has 19 heavy (non-hydrogen) atoms. The molecule has 1 saturated heterocycles. The third kappa shape index (κ3) is 4.08. The molecule has 106 valence electrons. The molecule has 0 aliphatic carbocycles. The van der Waals surface area contributed by atoms with Crippen LogP contribution in [0.15, 0.2) is 18.2 Å². The van der Waals surface area contributed by atoms with E-state index in [1.54, 1.807) is 7.11 Å². The van der Waals surface area contributed by atoms with Crippen molar-refractivity contribution in [1.82, 2.24) is 4.90 Å². The second-order valence-electron chi connectivity index (χ2n) is 4.71. The van der Waals surface area contributed by atoms with Crippen LogP contribution in [0, 0.1) is 0 Å². The summed E-state index contributed by atoms with van der Waals surface area (Å²) in [6.45, 7) is 3.49. The van der Waals surface area contributed by atoms with E-state index in [1.807, 2.05) is 18.2 Å². The summed E-state index contributed by atoms with van der Waals surface area (Å²) in [5.41, 5.74) is 1.16. The topological polar surface area (TPSA) is 41.9 Å². The molecule has 0 bridgehead atoms. The first kappa shape index (κ1) is 14.6. The summed E-state index contributed by atoms with van der Waals surface area (Å²) in [4.78, 5) is 2.32. The summed E-state index contributed by atoms with van der Waals surface area (Å²) in [5.74, 6) is 0.700. The highest BCUT2D eigenvalue weighted by Gasteiger charge is 2.20. The molecule has 1 aliphatic rings. The molecule has 0 aromatic heterocycles. The maximum Gasteiger partial charge on any atom is 0.137 e. The van der Waals surface area contributed by atoms with Crippen molar-refractivity contribution in [2.45, 2.75) is 19.1 Å². The minimum absolute atomic E-state index is 0.132. The number of benzene rings is 1. The lowest BCUT2D eigenvalue weighted by Gasteiger charge is -2.32. The average Bonchev–Trinajstić information content (AvgIpc) is 2.40. The predicted molar refractivity (Wildman–Crippen MR) is 74.7 cm³/mol. The van der Waals surface area contributed by atoms with Gasteiger partial charge in [-0.25, -0.2) is 0 Å². The molecule has 0 spiro atoms. The molecule has 0 saturated carbocycles. The smallest absolute Gasteiger partial charge is 0.137 e. The van der Waals surface area contributed by atoms with Crippen molar-refractivity contribution < 1.29 is 14.6 Å². The molecule has 1 aromatic carbocycles. The third-order valence-corrected chi connectivity index (χ3v) is 3.59. The molecule has 1 aromatic rings. The summed E-state index contributed by atoms with van der Waals surface area (Å²) in [6.07, 6.45) is 0.826. The first-order valence-corrected chi connectivity index (χ1v) is 6.88. The van der Waals surface area contributed by atoms with E-state index in [0.29, 0.717) is 23.8 Å². The highest BCUT2D eigenvalue weighted by Crippen LogP contribution is 2.25. The minimum atomic E-state index is 0.132. The number of rotatable bonds is 5. The quantitative estimate of drug-likeness (QED) is 0.898. The fourth-order valence-corrected chi connectivity index (χ4v) is 2.59. The van der Waals surface area contributed by atoms with Crippen LogP contribution in [0.5, 0.6) is 5.75 Å². The van der Waals surface area contributed by atoms with Gasteiger partial charge in [0.25, 0.3) is 0 Å². The SMILES string of the molecule is COc1ccc(CN2CCO[C@H](CCO)C2)cc1Cl. The van der Waals surface area contributed by atoms with Crippen molar-refractivity contribution in [1.29, 1.82) is 0 Å². The van der Waals surface area contributed by atoms with Crippen molar-refractivity contribution in [3.8, 4) is 5.75 Å². The minimum Gasteiger partial charge on any atom is -0.495 e. The Labute approximate surface area is 118 Å². The van der Waals surface area contributed by atoms with Gasteiger partial charge in [0.1, 0.15) is 5.75 Å². The van der Waals surface area contributed by atoms with Gasteiger partial charge in [-0.05, 0) is 24.1 Å². The number of hydrogen-bond donors (Lipinski definition) is 1. The fraction of sp³-hybridized carbons (Fsp3) is 0.571. The lowest BCUT2D eigenvalue weighted by molar-refractivity contribution is -0.0407. The van der Waals surface area contributed by atoms with Crippen LogP contribution in [0.3, 0.4) is 0 Å². The molecular formula is C14H20ClNO3. The normalized spacial score (nSPS) is 20.5. The molecule has 2 rings (SSSR count). The van der Waals surface area contributed by atoms with Crippen LogP contribution in [0.25, 0.3) is 0 Å². The molecule has 1 heterocycles. The number of nitrogens with zero attached hydrogens (tertiary/aromatic N) is 1. The average molecular weight is 286 g/mol. The Morgan fingerprint density at radius 2 is 2.37 bits per heavy atom. The number of halogens is 1. The first-order valence-electron chi connectivity index (χ1n) is 6.50. The van der Waals surface area contributed by atoms with Gasteiger partial charge in [0.2, 0.25) is 0 Å². The van der Waals surface area contributed by atoms with Crippen LogP contribution in [0.4, 0.5) is 0 Å². The van der Waals surface area contributed by atoms with Gasteiger partial charge in [-0.2, -0.15) is 0 Å². The van der Waals surface area contributed by atoms with Gasteiger partial charge in [0.05, 0.1) is 24.8 Å². The summed E-state index contributed by atoms with van der Waals surface area (Å²) in [5, 5.41) is 9.60. The summed E-state index contributed by atoms with van der Waals surface area (Å²) >= 11 is 6.12. The Balaban J connectivity index is 1.94. The van der Waals surface area contributed by atoms with Crippen LogP contribution >= 0.6 is 11.6 Å². The molecule has 0 unspecified atom stereocenters. The molecule has 0 radical (unpaired) electrons. The van der Waals surface area contributed by atoms with E-state index < -0.39 is 0 Å². The van der Waals surface area contributed by atoms with Crippen molar-refractivity contribution >= 4 is 11.6 Å². The van der Waals surface area contributed by atoms with Crippen LogP contribution in [-0.4, -0.2) is 49.5 Å². The van der Waals surface area contributed by atoms with Crippen LogP contribution in [0.2, 0.25) is 5.02 Å². The maximum absolute atomic E-state index is 8.96. The van der Waals surface area contributed by atoms with Gasteiger partial charge in [-0.1, -0.05) is 17.7 Å². The van der Waals surface area contributed by atoms with Crippen molar-refractivity contribution in [2.75, 3.05) is 33.4 Å². The van der Waals surface area contributed by atoms with E-state index >= 15 is 0 Å². The molecule has 1 atom stereocenters. The highest BCUT2D eigenvalue weighted by atomic mass is 35.5. The second-order valence-corrected chi connectivity index (χ2v) is 5.12. The lowest BCUT2D eigenvalue weighted by atomic mass is 10.1. The van der Waals surface area contributed by atoms with Crippen molar-refractivity contribution in [3.05, 3.63) is 28.8 Å². The number of aliphatic hydroxyl groups is 1. The van der Waals surface area contributed by atoms with Crippen molar-refractivity contribution in [3.63, 3.8) is 0 Å². The number of hydrogen-bond acceptors (Lipinski definition) is 4. The standard InChI is InChI=1S/C14H20ClNO3/c1-18-14-3-2-11(8-13(14)15)9-16-5-7-19-12(10-16)4-6-17/h2-3,8,12,17H,4-7,9-10H2,1H3/t12-/m1/s1. The molecular weight excluding hydrogens is 266 g/mol. The number of morpholine rings is 1. The van der Waals surface area contributed by atoms with E-state index in [1.165, 1.54) is 0 Å². The number of ether oxygens (including phenoxy) is 2. The zero-order chi connectivity index (χ0) is 13.7. The summed E-state index contributed by atoms with van der Waals surface area (Å²) in [6, 6.07) is 5.86. The molecule has 1 aliphatic heterocycles. The zero-order valence-electron chi connectivity index (χ0n) is 11.1. The lowest BCUT2D eigenvalue weighted by Crippen LogP contribution is -2.42. The highest BCUT2D eigenvalue weighted by molar-refractivity contribution is 6.32. The molecule has 1 N–H and O–H groups in total. The first-order chi connectivity index (χ1) is 9.22. The van der Waals surface area contributed by atoms with Gasteiger partial charge in [-0.3, -0.25) is 4.90 Å². The summed E-state index contributed by atoms with van der Waals surface area (Å²) in [7, 11) is 1.61. The Hall–Kier alpha value is -0.810. The summed E-state index contributed by atoms with van der Waals surface area (Å²) < 4.78 is 10.7. The van der Waals surface area contributed by atoms with Gasteiger partial charge < -0.3 is 14.6 Å². The maximum atomic E-state index is 8.96. The largest absolute Gasteiger partial charge is 0.495 e. The Kier molecular flexibility index (Phi) is 5.45. The molecule has 5 heteroatoms. The Bertz CT molecular complexity index is 412. The predicted octanol–water partition coefficient (Wildman–Crippen LogP) is 1.93. The van der Waals surface area contributed by atoms with Gasteiger partial charge in [0.15, 0.2) is 0 Å². The van der Waals surface area contributed by atoms with E-state index in [9.17, 15) is 0 Å². The molecule has 1 fully saturated rings. The zero-order valence-corrected chi connectivity index (χ0v) is 11.9. The van der Waals surface area contributed by atoms with Crippen LogP contribution < -0.4 is 4.74 Å². The van der Waals surface area contributed by atoms with Crippen LogP contribution in [0.1, 0.15) is 12.0 Å². The number of methoxy groups -OCH3 is 1. The monoisotopic (exact) mass is 285 g/mol. The second kappa shape index (κ2) is 7.10. The Morgan fingerprint density at radius 1 is 1.53 bits per heavy atom. The van der Waals surface area contributed by atoms with Crippen molar-refractivity contribution in [2.24, 2.45) is 0 Å². The number of aliphatic hydroxyl groups excluding tert-OH is 1. The van der Waals surface area contributed by atoms with Gasteiger partial charge >= 0.3 is 0 Å². The van der Waals surface area contributed by atoms with Gasteiger partial charge in [-0.15, -0.1) is 0 Å². The molecule has 4 nitrogen and oxygen atoms in total. The van der Waals surface area contributed by atoms with Gasteiger partial charge in [0, 0.05) is 26.2 Å². The third-order valence-electron chi connectivity index (χ3n) is 3.30. The van der Waals surface area contributed by atoms with E-state index in [2.05, 4.69) is 4.90 Å². The van der Waals surface area contributed by atoms with E-state index in [4.69, 9.17) is 26.2 Å². The van der Waals surface area contributed by atoms with E-state index in [-0.39, 0.29) is 12.7 Å². The Morgan fingerprint density at radius 3 is 3.05 bits per heavy atom. The van der Waals surface area contributed by atoms with Crippen LogP contribution in [-0.2, 0) is 11.3 Å². The van der Waals surface area contributed by atoms with E-state index in [0.717, 1.165) is 25.2 Å². The molecule has 0 amide bonds.